The Kier molecular flexibility index (Phi) is 18.3. The van der Waals surface area contributed by atoms with Crippen LogP contribution in [-0.4, -0.2) is 176 Å². The average Bonchev–Trinajstić information content (AvgIpc) is 3.14. The van der Waals surface area contributed by atoms with Crippen LogP contribution in [0.3, 0.4) is 0 Å². The molecule has 5 aliphatic rings. The van der Waals surface area contributed by atoms with Gasteiger partial charge in [-0.15, -0.1) is 0 Å². The molecule has 13 unspecified atom stereocenters. The number of hydrogen-bond donors (Lipinski definition) is 17. The van der Waals surface area contributed by atoms with Crippen LogP contribution in [0.1, 0.15) is 77.0 Å². The van der Waals surface area contributed by atoms with Crippen LogP contribution in [0.2, 0.25) is 0 Å². The number of rotatable bonds is 20. The Morgan fingerprint density at radius 3 is 1.66 bits per heavy atom. The van der Waals surface area contributed by atoms with Crippen molar-refractivity contribution >= 4 is 20.2 Å². The lowest BCUT2D eigenvalue weighted by molar-refractivity contribution is 0.0148. The fourth-order valence-electron chi connectivity index (χ4n) is 8.91. The van der Waals surface area contributed by atoms with Gasteiger partial charge in [0.1, 0.15) is 36.7 Å². The van der Waals surface area contributed by atoms with Crippen molar-refractivity contribution in [3.63, 3.8) is 0 Å². The predicted molar refractivity (Wildman–Crippen MR) is 207 cm³/mol. The second-order valence-corrected chi connectivity index (χ2v) is 19.1. The molecule has 0 radical (unpaired) electrons. The van der Waals surface area contributed by atoms with Crippen molar-refractivity contribution in [2.45, 2.75) is 155 Å². The van der Waals surface area contributed by atoms with Gasteiger partial charge in [-0.2, -0.15) is 16.8 Å². The third kappa shape index (κ3) is 13.9. The molecule has 17 N–H and O–H groups in total. The zero-order chi connectivity index (χ0) is 40.3. The Hall–Kier alpha value is -0.820. The summed E-state index contributed by atoms with van der Waals surface area (Å²) in [5, 5.41) is 75.5. The maximum absolute atomic E-state index is 12.2. The van der Waals surface area contributed by atoms with E-state index in [1.807, 2.05) is 4.90 Å². The molecule has 328 valence electrons. The summed E-state index contributed by atoms with van der Waals surface area (Å²) in [5.74, 6) is 0. The Morgan fingerprint density at radius 1 is 0.589 bits per heavy atom. The quantitative estimate of drug-likeness (QED) is 0.0509. The van der Waals surface area contributed by atoms with E-state index in [0.717, 1.165) is 38.5 Å². The Balaban J connectivity index is 1.24. The largest absolute Gasteiger partial charge is 0.395 e. The van der Waals surface area contributed by atoms with Gasteiger partial charge in [-0.05, 0) is 51.4 Å². The van der Waals surface area contributed by atoms with Gasteiger partial charge in [-0.3, -0.25) is 67.2 Å². The first-order chi connectivity index (χ1) is 26.8. The molecule has 2 aliphatic heterocycles. The van der Waals surface area contributed by atoms with Crippen molar-refractivity contribution in [3.8, 4) is 0 Å². The molecule has 0 spiro atoms. The van der Waals surface area contributed by atoms with E-state index in [2.05, 4.69) is 58.5 Å². The molecule has 3 saturated carbocycles. The van der Waals surface area contributed by atoms with Crippen molar-refractivity contribution < 1.29 is 46.4 Å². The van der Waals surface area contributed by atoms with Gasteiger partial charge in [0.2, 0.25) is 0 Å². The van der Waals surface area contributed by atoms with Gasteiger partial charge in [-0.1, -0.05) is 25.7 Å². The third-order valence-electron chi connectivity index (χ3n) is 11.7. The van der Waals surface area contributed by atoms with Gasteiger partial charge < -0.3 is 25.7 Å². The smallest absolute Gasteiger partial charge is 0.269 e. The molecule has 5 fully saturated rings. The maximum atomic E-state index is 12.2. The molecule has 3 aliphatic carbocycles. The van der Waals surface area contributed by atoms with Crippen molar-refractivity contribution in [2.24, 2.45) is 0 Å². The summed E-state index contributed by atoms with van der Waals surface area (Å²) in [6, 6.07) is -1.08. The normalized spacial score (nSPS) is 37.1. The minimum absolute atomic E-state index is 0.0372. The van der Waals surface area contributed by atoms with Crippen LogP contribution < -0.4 is 58.5 Å². The molecule has 0 amide bonds. The maximum Gasteiger partial charge on any atom is 0.269 e. The van der Waals surface area contributed by atoms with Crippen LogP contribution in [0.4, 0.5) is 0 Å². The molecule has 2 heterocycles. The number of aliphatic hydroxyl groups is 4. The summed E-state index contributed by atoms with van der Waals surface area (Å²) in [7, 11) is -8.43. The molecule has 0 aromatic carbocycles. The highest BCUT2D eigenvalue weighted by Gasteiger charge is 2.40. The lowest BCUT2D eigenvalue weighted by Crippen LogP contribution is -2.80. The zero-order valence-corrected chi connectivity index (χ0v) is 33.7. The summed E-state index contributed by atoms with van der Waals surface area (Å²) >= 11 is 0. The minimum atomic E-state index is -4.27. The van der Waals surface area contributed by atoms with Crippen LogP contribution in [0, 0.1) is 0 Å². The molecule has 22 nitrogen and oxygen atoms in total. The minimum Gasteiger partial charge on any atom is -0.395 e. The molecule has 5 rings (SSSR count). The predicted octanol–water partition coefficient (Wildman–Crippen LogP) is -5.41. The van der Waals surface area contributed by atoms with E-state index in [1.165, 1.54) is 0 Å². The van der Waals surface area contributed by atoms with Gasteiger partial charge in [0.05, 0.1) is 43.9 Å². The monoisotopic (exact) mass is 844 g/mol. The van der Waals surface area contributed by atoms with Gasteiger partial charge in [0.15, 0.2) is 0 Å². The number of aliphatic hydroxyl groups excluding tert-OH is 4. The SMILES string of the molecule is O=S(=O)(O)C1CCCC(NC2NC(NC3CCCC(NC4NC(NC5CCCCC5S(=O)(=O)O)NC(C(CO)NCCO)N4)C3)NC(N(CCO)CCO)N2)C1. The van der Waals surface area contributed by atoms with Crippen LogP contribution in [-0.2, 0) is 20.2 Å². The van der Waals surface area contributed by atoms with E-state index in [1.54, 1.807) is 0 Å². The Bertz CT molecular complexity index is 1390. The molecule has 56 heavy (non-hydrogen) atoms. The average molecular weight is 845 g/mol. The van der Waals surface area contributed by atoms with E-state index in [9.17, 15) is 46.4 Å². The molecular weight excluding hydrogens is 777 g/mol. The molecule has 2 saturated heterocycles. The Labute approximate surface area is 330 Å². The molecule has 13 atom stereocenters. The summed E-state index contributed by atoms with van der Waals surface area (Å²) in [4.78, 5) is 1.88. The van der Waals surface area contributed by atoms with Gasteiger partial charge >= 0.3 is 0 Å². The lowest BCUT2D eigenvalue weighted by Gasteiger charge is -2.47. The van der Waals surface area contributed by atoms with Crippen molar-refractivity contribution in [2.75, 3.05) is 46.1 Å². The van der Waals surface area contributed by atoms with Crippen LogP contribution in [0.25, 0.3) is 0 Å². The van der Waals surface area contributed by atoms with Crippen molar-refractivity contribution in [1.82, 2.24) is 63.4 Å². The van der Waals surface area contributed by atoms with E-state index < -0.39 is 80.4 Å². The van der Waals surface area contributed by atoms with E-state index in [0.29, 0.717) is 45.2 Å². The molecule has 0 aromatic rings. The summed E-state index contributed by atoms with van der Waals surface area (Å²) in [6.45, 7) is 0.264. The zero-order valence-electron chi connectivity index (χ0n) is 32.0. The topological polar surface area (TPSA) is 325 Å². The fourth-order valence-corrected chi connectivity index (χ4v) is 10.9. The summed E-state index contributed by atoms with van der Waals surface area (Å²) in [5.41, 5.74) is 0. The van der Waals surface area contributed by atoms with E-state index >= 15 is 0 Å². The highest BCUT2D eigenvalue weighted by Crippen LogP contribution is 2.26. The molecule has 0 bridgehead atoms. The van der Waals surface area contributed by atoms with Gasteiger partial charge in [-0.25, -0.2) is 0 Å². The molecule has 0 aromatic heterocycles. The van der Waals surface area contributed by atoms with Gasteiger partial charge in [0.25, 0.3) is 20.2 Å². The second-order valence-electron chi connectivity index (χ2n) is 15.7. The van der Waals surface area contributed by atoms with Crippen molar-refractivity contribution in [3.05, 3.63) is 0 Å². The fraction of sp³-hybridized carbons (Fsp3) is 1.00. The third-order valence-corrected chi connectivity index (χ3v) is 14.3. The highest BCUT2D eigenvalue weighted by molar-refractivity contribution is 7.86. The lowest BCUT2D eigenvalue weighted by atomic mass is 9.91. The first-order valence-corrected chi connectivity index (χ1v) is 23.2. The van der Waals surface area contributed by atoms with Crippen LogP contribution >= 0.6 is 0 Å². The molecule has 24 heteroatoms. The second kappa shape index (κ2) is 22.1. The standard InChI is InChI=1S/C32H68N12O10S2/c45-14-11-33-25(19-48)27-38-28(40-31(39-27)37-24-9-1-2-10-26(24)56(52,53)54)34-20-5-3-6-21(17-20)35-29-41-30(43-32(42-29)44(12-15-46)13-16-47)36-22-7-4-8-23(18-22)55(49,50)51/h20-43,45-48H,1-19H2,(H,49,50,51)(H,52,53,54). The Morgan fingerprint density at radius 2 is 1.12 bits per heavy atom. The summed E-state index contributed by atoms with van der Waals surface area (Å²) < 4.78 is 68.0. The van der Waals surface area contributed by atoms with Crippen LogP contribution in [0.15, 0.2) is 0 Å². The highest BCUT2D eigenvalue weighted by atomic mass is 32.2. The van der Waals surface area contributed by atoms with Crippen molar-refractivity contribution in [1.29, 1.82) is 0 Å². The van der Waals surface area contributed by atoms with Gasteiger partial charge in [0, 0.05) is 43.8 Å². The number of hydrogen-bond acceptors (Lipinski definition) is 20. The number of nitrogens with one attached hydrogen (secondary N) is 11. The summed E-state index contributed by atoms with van der Waals surface area (Å²) in [6.07, 6.45) is 5.04. The van der Waals surface area contributed by atoms with Crippen LogP contribution in [0.5, 0.6) is 0 Å². The first kappa shape index (κ1) is 46.2. The molecular formula is C32H68N12O10S2. The number of nitrogens with zero attached hydrogens (tertiary/aromatic N) is 1. The first-order valence-electron chi connectivity index (χ1n) is 20.2. The van der Waals surface area contributed by atoms with E-state index in [-0.39, 0.29) is 57.5 Å². The van der Waals surface area contributed by atoms with E-state index in [4.69, 9.17) is 0 Å².